The predicted molar refractivity (Wildman–Crippen MR) is 167 cm³/mol. The van der Waals surface area contributed by atoms with E-state index in [0.717, 1.165) is 50.9 Å². The number of unbranched alkanes of at least 4 members (excludes halogenated alkanes) is 1. The minimum Gasteiger partial charge on any atom is -0.303 e. The number of rotatable bonds is 11. The van der Waals surface area contributed by atoms with Crippen LogP contribution in [-0.4, -0.2) is 30.3 Å². The molecule has 0 bridgehead atoms. The van der Waals surface area contributed by atoms with Gasteiger partial charge in [-0.05, 0) is 94.3 Å². The molecule has 0 radical (unpaired) electrons. The quantitative estimate of drug-likeness (QED) is 0.143. The number of ketones is 1. The molecule has 0 atom stereocenters. The fraction of sp³-hybridized carbons (Fsp3) is 0.342. The Labute approximate surface area is 241 Å². The number of Topliss-reactive ketones (excluding diaryl/α,β-unsaturated/α-hetero) is 1. The summed E-state index contributed by atoms with van der Waals surface area (Å²) < 4.78 is 0. The second-order valence-corrected chi connectivity index (χ2v) is 11.7. The number of piperidine rings is 1. The number of carbonyl (C=O) groups is 1. The summed E-state index contributed by atoms with van der Waals surface area (Å²) in [7, 11) is 0. The van der Waals surface area contributed by atoms with Crippen LogP contribution in [0.2, 0.25) is 0 Å². The van der Waals surface area contributed by atoms with Crippen molar-refractivity contribution < 1.29 is 4.79 Å². The monoisotopic (exact) mass is 529 g/mol. The van der Waals surface area contributed by atoms with E-state index in [1.807, 2.05) is 0 Å². The Morgan fingerprint density at radius 3 is 1.85 bits per heavy atom. The summed E-state index contributed by atoms with van der Waals surface area (Å²) in [4.78, 5) is 15.9. The second kappa shape index (κ2) is 13.7. The van der Waals surface area contributed by atoms with Gasteiger partial charge in [0.2, 0.25) is 0 Å². The van der Waals surface area contributed by atoms with Gasteiger partial charge in [-0.25, -0.2) is 0 Å². The maximum absolute atomic E-state index is 13.3. The van der Waals surface area contributed by atoms with Crippen molar-refractivity contribution >= 4 is 5.78 Å². The molecule has 0 aliphatic carbocycles. The summed E-state index contributed by atoms with van der Waals surface area (Å²) in [6.07, 6.45) is 6.47. The number of likely N-dealkylation sites (tertiary alicyclic amines) is 1. The van der Waals surface area contributed by atoms with Crippen LogP contribution in [0, 0.1) is 19.8 Å². The van der Waals surface area contributed by atoms with Crippen molar-refractivity contribution in [3.63, 3.8) is 0 Å². The molecular weight excluding hydrogens is 486 g/mol. The van der Waals surface area contributed by atoms with E-state index in [2.05, 4.69) is 122 Å². The van der Waals surface area contributed by atoms with Crippen LogP contribution in [0.3, 0.4) is 0 Å². The zero-order chi connectivity index (χ0) is 27.7. The maximum Gasteiger partial charge on any atom is 0.166 e. The van der Waals surface area contributed by atoms with E-state index >= 15 is 0 Å². The fourth-order valence-electron chi connectivity index (χ4n) is 6.03. The summed E-state index contributed by atoms with van der Waals surface area (Å²) in [6.45, 7) is 7.49. The molecule has 40 heavy (non-hydrogen) atoms. The molecule has 0 saturated carbocycles. The number of nitrogens with zero attached hydrogens (tertiary/aromatic N) is 1. The van der Waals surface area contributed by atoms with E-state index in [9.17, 15) is 4.79 Å². The van der Waals surface area contributed by atoms with E-state index in [4.69, 9.17) is 0 Å². The van der Waals surface area contributed by atoms with Crippen molar-refractivity contribution in [1.82, 2.24) is 4.90 Å². The zero-order valence-corrected chi connectivity index (χ0v) is 24.2. The molecule has 206 valence electrons. The third-order valence-electron chi connectivity index (χ3n) is 8.63. The molecule has 1 heterocycles. The van der Waals surface area contributed by atoms with Gasteiger partial charge in [0, 0.05) is 17.4 Å². The smallest absolute Gasteiger partial charge is 0.166 e. The summed E-state index contributed by atoms with van der Waals surface area (Å²) in [5.41, 5.74) is 8.80. The number of aryl methyl sites for hydroxylation is 3. The highest BCUT2D eigenvalue weighted by Gasteiger charge is 2.25. The van der Waals surface area contributed by atoms with Crippen LogP contribution in [0.4, 0.5) is 0 Å². The number of carbonyl (C=O) groups excluding carboxylic acids is 1. The highest BCUT2D eigenvalue weighted by Crippen LogP contribution is 2.30. The molecule has 5 rings (SSSR count). The molecule has 0 amide bonds. The normalized spacial score (nSPS) is 14.5. The maximum atomic E-state index is 13.3. The Hall–Kier alpha value is -3.49. The van der Waals surface area contributed by atoms with Crippen molar-refractivity contribution in [2.45, 2.75) is 58.3 Å². The van der Waals surface area contributed by atoms with Gasteiger partial charge in [-0.15, -0.1) is 0 Å². The topological polar surface area (TPSA) is 20.3 Å². The van der Waals surface area contributed by atoms with Crippen LogP contribution in [-0.2, 0) is 12.8 Å². The average molecular weight is 530 g/mol. The van der Waals surface area contributed by atoms with Gasteiger partial charge in [0.1, 0.15) is 0 Å². The molecular formula is C38H43NO. The molecule has 4 aromatic carbocycles. The molecule has 2 nitrogen and oxygen atoms in total. The molecule has 1 fully saturated rings. The largest absolute Gasteiger partial charge is 0.303 e. The molecule has 0 spiro atoms. The Balaban J connectivity index is 1.14. The first-order valence-electron chi connectivity index (χ1n) is 15.1. The number of benzene rings is 4. The van der Waals surface area contributed by atoms with E-state index in [1.54, 1.807) is 0 Å². The lowest BCUT2D eigenvalue weighted by molar-refractivity contribution is 0.0839. The summed E-state index contributed by atoms with van der Waals surface area (Å²) in [5.74, 6) is 0.767. The Kier molecular flexibility index (Phi) is 9.63. The van der Waals surface area contributed by atoms with Gasteiger partial charge in [0.15, 0.2) is 5.78 Å². The van der Waals surface area contributed by atoms with Gasteiger partial charge in [-0.2, -0.15) is 0 Å². The van der Waals surface area contributed by atoms with Crippen LogP contribution in [0.1, 0.15) is 75.3 Å². The van der Waals surface area contributed by atoms with Gasteiger partial charge < -0.3 is 4.90 Å². The second-order valence-electron chi connectivity index (χ2n) is 11.7. The van der Waals surface area contributed by atoms with E-state index in [-0.39, 0.29) is 5.92 Å². The highest BCUT2D eigenvalue weighted by atomic mass is 16.1. The summed E-state index contributed by atoms with van der Waals surface area (Å²) in [5, 5.41) is 0. The third-order valence-corrected chi connectivity index (χ3v) is 8.63. The van der Waals surface area contributed by atoms with Crippen molar-refractivity contribution in [2.24, 2.45) is 5.92 Å². The van der Waals surface area contributed by atoms with Gasteiger partial charge in [-0.1, -0.05) is 114 Å². The first-order chi connectivity index (χ1) is 19.5. The molecule has 0 unspecified atom stereocenters. The van der Waals surface area contributed by atoms with Crippen molar-refractivity contribution in [3.05, 3.63) is 142 Å². The van der Waals surface area contributed by atoms with E-state index < -0.39 is 0 Å². The Morgan fingerprint density at radius 1 is 0.700 bits per heavy atom. The van der Waals surface area contributed by atoms with Gasteiger partial charge in [0.25, 0.3) is 0 Å². The SMILES string of the molecule is Cc1ccc(C(Cc2ccc(C(=O)C3CCN(CCCCc4ccccc4)CC3)cc2)c2ccc(C)cc2)cc1. The molecule has 1 saturated heterocycles. The Morgan fingerprint density at radius 2 is 1.27 bits per heavy atom. The van der Waals surface area contributed by atoms with Crippen LogP contribution in [0.25, 0.3) is 0 Å². The lowest BCUT2D eigenvalue weighted by atomic mass is 9.84. The molecule has 1 aliphatic heterocycles. The third kappa shape index (κ3) is 7.58. The van der Waals surface area contributed by atoms with Crippen molar-refractivity contribution in [1.29, 1.82) is 0 Å². The van der Waals surface area contributed by atoms with E-state index in [1.165, 1.54) is 46.2 Å². The number of hydrogen-bond donors (Lipinski definition) is 0. The van der Waals surface area contributed by atoms with Gasteiger partial charge in [0.05, 0.1) is 0 Å². The van der Waals surface area contributed by atoms with Crippen molar-refractivity contribution in [2.75, 3.05) is 19.6 Å². The predicted octanol–water partition coefficient (Wildman–Crippen LogP) is 8.60. The minimum absolute atomic E-state index is 0.152. The first-order valence-corrected chi connectivity index (χ1v) is 15.1. The van der Waals surface area contributed by atoms with Crippen LogP contribution in [0.15, 0.2) is 103 Å². The van der Waals surface area contributed by atoms with E-state index in [0.29, 0.717) is 11.7 Å². The number of hydrogen-bond acceptors (Lipinski definition) is 2. The summed E-state index contributed by atoms with van der Waals surface area (Å²) in [6, 6.07) is 37.1. The van der Waals surface area contributed by atoms with Gasteiger partial charge >= 0.3 is 0 Å². The van der Waals surface area contributed by atoms with Crippen LogP contribution >= 0.6 is 0 Å². The van der Waals surface area contributed by atoms with Crippen LogP contribution < -0.4 is 0 Å². The first kappa shape index (κ1) is 28.1. The molecule has 4 aromatic rings. The van der Waals surface area contributed by atoms with Crippen LogP contribution in [0.5, 0.6) is 0 Å². The Bertz CT molecular complexity index is 1290. The molecule has 0 aromatic heterocycles. The van der Waals surface area contributed by atoms with Crippen molar-refractivity contribution in [3.8, 4) is 0 Å². The standard InChI is InChI=1S/C38H43NO/c1-29-11-17-33(18-12-29)37(34-19-13-30(2)14-20-34)28-32-15-21-35(22-16-32)38(40)36-23-26-39(27-24-36)25-7-6-10-31-8-4-3-5-9-31/h3-5,8-9,11-22,36-37H,6-7,10,23-28H2,1-2H3. The average Bonchev–Trinajstić information content (AvgIpc) is 3.00. The molecule has 1 aliphatic rings. The van der Waals surface area contributed by atoms with Gasteiger partial charge in [-0.3, -0.25) is 4.79 Å². The molecule has 2 heteroatoms. The zero-order valence-electron chi connectivity index (χ0n) is 24.2. The minimum atomic E-state index is 0.152. The molecule has 0 N–H and O–H groups in total. The fourth-order valence-corrected chi connectivity index (χ4v) is 6.03. The highest BCUT2D eigenvalue weighted by molar-refractivity contribution is 5.97. The summed E-state index contributed by atoms with van der Waals surface area (Å²) >= 11 is 0. The lowest BCUT2D eigenvalue weighted by Crippen LogP contribution is -2.37. The lowest BCUT2D eigenvalue weighted by Gasteiger charge is -2.31.